The number of nitrogens with two attached hydrogens (primary N) is 1. The zero-order valence-electron chi connectivity index (χ0n) is 17.9. The Kier molecular flexibility index (Phi) is 6.07. The lowest BCUT2D eigenvalue weighted by Gasteiger charge is -2.50. The Labute approximate surface area is 207 Å². The third kappa shape index (κ3) is 3.76. The second kappa shape index (κ2) is 9.03. The highest BCUT2D eigenvalue weighted by molar-refractivity contribution is 8.00. The number of hydrogen-bond donors (Lipinski definition) is 3. The molecule has 0 saturated carbocycles. The normalized spacial score (nSPS) is 23.9. The van der Waals surface area contributed by atoms with E-state index in [1.165, 1.54) is 16.7 Å². The number of aryl methyl sites for hydroxylation is 1. The highest BCUT2D eigenvalue weighted by atomic mass is 32.2. The highest BCUT2D eigenvalue weighted by Crippen LogP contribution is 2.47. The second-order valence-corrected chi connectivity index (χ2v) is 10.0. The molecule has 0 aromatic carbocycles. The summed E-state index contributed by atoms with van der Waals surface area (Å²) in [6, 6.07) is -0.848. The van der Waals surface area contributed by atoms with Gasteiger partial charge in [0.2, 0.25) is 16.7 Å². The van der Waals surface area contributed by atoms with E-state index < -0.39 is 28.3 Å². The van der Waals surface area contributed by atoms with Crippen LogP contribution in [0.1, 0.15) is 30.8 Å². The summed E-state index contributed by atoms with van der Waals surface area (Å²) < 4.78 is 6.06. The number of rotatable bonds is 7. The molecule has 15 heteroatoms. The molecule has 5 rings (SSSR count). The van der Waals surface area contributed by atoms with Crippen LogP contribution in [0.5, 0.6) is 0 Å². The first kappa shape index (κ1) is 22.9. The molecule has 0 spiro atoms. The predicted octanol–water partition coefficient (Wildman–Crippen LogP) is 0.355. The Morgan fingerprint density at radius 2 is 2.26 bits per heavy atom. The van der Waals surface area contributed by atoms with Crippen molar-refractivity contribution in [2.75, 3.05) is 18.1 Å². The molecule has 34 heavy (non-hydrogen) atoms. The molecule has 3 aliphatic rings. The number of anilines is 1. The molecule has 12 nitrogen and oxygen atoms in total. The Morgan fingerprint density at radius 1 is 1.44 bits per heavy atom. The minimum absolute atomic E-state index is 0.00498. The van der Waals surface area contributed by atoms with Gasteiger partial charge in [0, 0.05) is 41.6 Å². The van der Waals surface area contributed by atoms with E-state index in [2.05, 4.69) is 42.0 Å². The molecule has 2 aromatic rings. The van der Waals surface area contributed by atoms with Gasteiger partial charge >= 0.3 is 0 Å². The second-order valence-electron chi connectivity index (χ2n) is 7.71. The quantitative estimate of drug-likeness (QED) is 0.203. The van der Waals surface area contributed by atoms with Crippen molar-refractivity contribution in [3.63, 3.8) is 0 Å². The van der Waals surface area contributed by atoms with Gasteiger partial charge in [0.1, 0.15) is 18.0 Å². The smallest absolute Gasteiger partial charge is 0.278 e. The molecule has 0 aliphatic carbocycles. The Balaban J connectivity index is 1.38. The number of amides is 2. The number of hydrogen-bond acceptors (Lipinski definition) is 11. The molecule has 2 aromatic heterocycles. The minimum Gasteiger partial charge on any atom is -0.395 e. The van der Waals surface area contributed by atoms with E-state index in [4.69, 9.17) is 10.6 Å². The Hall–Kier alpha value is -2.91. The number of thioether (sulfide) groups is 1. The van der Waals surface area contributed by atoms with Crippen LogP contribution in [0.25, 0.3) is 0 Å². The predicted molar refractivity (Wildman–Crippen MR) is 128 cm³/mol. The fourth-order valence-corrected chi connectivity index (χ4v) is 6.45. The molecular formula is C19H20N8O4S3. The van der Waals surface area contributed by atoms with Gasteiger partial charge in [0.05, 0.1) is 12.0 Å². The van der Waals surface area contributed by atoms with Crippen LogP contribution < -0.4 is 11.1 Å². The SMILES string of the molecule is CCON=C(C(=O)N[C@@H]1C(=O)N2C(C(=O)S)=C(C3CCn4cncc43)CS[C@H]12)c1nsc(N)n1. The molecule has 0 radical (unpaired) electrons. The first-order chi connectivity index (χ1) is 16.4. The van der Waals surface area contributed by atoms with Gasteiger partial charge < -0.3 is 20.5 Å². The molecule has 3 aliphatic heterocycles. The van der Waals surface area contributed by atoms with Gasteiger partial charge in [-0.15, -0.1) is 11.8 Å². The van der Waals surface area contributed by atoms with E-state index in [9.17, 15) is 14.4 Å². The molecule has 1 saturated heterocycles. The molecule has 3 atom stereocenters. The number of carbonyl (C=O) groups excluding carboxylic acids is 3. The fourth-order valence-electron chi connectivity index (χ4n) is 4.34. The van der Waals surface area contributed by atoms with E-state index >= 15 is 0 Å². The average Bonchev–Trinajstić information content (AvgIpc) is 3.54. The van der Waals surface area contributed by atoms with Crippen LogP contribution in [0.3, 0.4) is 0 Å². The van der Waals surface area contributed by atoms with Crippen molar-refractivity contribution < 1.29 is 19.2 Å². The van der Waals surface area contributed by atoms with Gasteiger partial charge in [-0.1, -0.05) is 17.8 Å². The number of aromatic nitrogens is 4. The number of carbonyl (C=O) groups is 3. The zero-order valence-corrected chi connectivity index (χ0v) is 20.4. The van der Waals surface area contributed by atoms with Crippen LogP contribution in [0.2, 0.25) is 0 Å². The van der Waals surface area contributed by atoms with Crippen molar-refractivity contribution in [1.82, 2.24) is 29.1 Å². The van der Waals surface area contributed by atoms with Crippen molar-refractivity contribution in [3.8, 4) is 0 Å². The summed E-state index contributed by atoms with van der Waals surface area (Å²) in [5.41, 5.74) is 7.62. The summed E-state index contributed by atoms with van der Waals surface area (Å²) in [6.07, 6.45) is 4.39. The summed E-state index contributed by atoms with van der Waals surface area (Å²) in [5, 5.41) is 5.74. The number of thiol groups is 1. The van der Waals surface area contributed by atoms with E-state index in [0.717, 1.165) is 35.8 Å². The lowest BCUT2D eigenvalue weighted by molar-refractivity contribution is -0.146. The monoisotopic (exact) mass is 520 g/mol. The van der Waals surface area contributed by atoms with E-state index in [-0.39, 0.29) is 29.2 Å². The molecule has 3 N–H and O–H groups in total. The van der Waals surface area contributed by atoms with Crippen LogP contribution in [0.15, 0.2) is 29.0 Å². The number of nitrogens with one attached hydrogen (secondary N) is 1. The average molecular weight is 521 g/mol. The lowest BCUT2D eigenvalue weighted by atomic mass is 9.92. The topological polar surface area (TPSA) is 158 Å². The largest absolute Gasteiger partial charge is 0.395 e. The Bertz CT molecular complexity index is 1240. The van der Waals surface area contributed by atoms with Crippen LogP contribution in [-0.4, -0.2) is 70.2 Å². The van der Waals surface area contributed by atoms with E-state index in [1.807, 2.05) is 0 Å². The summed E-state index contributed by atoms with van der Waals surface area (Å²) >= 11 is 6.47. The molecule has 1 unspecified atom stereocenters. The van der Waals surface area contributed by atoms with Crippen molar-refractivity contribution in [2.45, 2.75) is 37.2 Å². The minimum atomic E-state index is -0.848. The maximum absolute atomic E-state index is 13.1. The van der Waals surface area contributed by atoms with Crippen molar-refractivity contribution >= 4 is 63.7 Å². The van der Waals surface area contributed by atoms with Gasteiger partial charge in [-0.3, -0.25) is 19.3 Å². The van der Waals surface area contributed by atoms with E-state index in [0.29, 0.717) is 11.4 Å². The summed E-state index contributed by atoms with van der Waals surface area (Å²) in [7, 11) is 0. The Morgan fingerprint density at radius 3 is 2.97 bits per heavy atom. The van der Waals surface area contributed by atoms with Crippen LogP contribution in [0, 0.1) is 0 Å². The number of oxime groups is 1. The molecule has 1 fully saturated rings. The van der Waals surface area contributed by atoms with Crippen molar-refractivity contribution in [1.29, 1.82) is 0 Å². The van der Waals surface area contributed by atoms with Gasteiger partial charge in [-0.2, -0.15) is 9.36 Å². The van der Waals surface area contributed by atoms with E-state index in [1.54, 1.807) is 19.4 Å². The lowest BCUT2D eigenvalue weighted by Crippen LogP contribution is -2.71. The molecule has 5 heterocycles. The standard InChI is InChI=1S/C19H20N8O4S3/c1-2-31-24-11(14-23-19(20)34-25-14)15(28)22-12-16(29)27-13(18(30)32)9(6-33-17(12)27)8-3-4-26-7-21-5-10(8)26/h5,7-8,12,17H,2-4,6H2,1H3,(H,22,28)(H,30,32)(H2,20,23,25)/t8?,12-,17-/m1/s1. The van der Waals surface area contributed by atoms with Gasteiger partial charge in [-0.25, -0.2) is 4.98 Å². The van der Waals surface area contributed by atoms with Gasteiger partial charge in [0.15, 0.2) is 5.13 Å². The summed E-state index contributed by atoms with van der Waals surface area (Å²) in [6.45, 7) is 2.74. The number of fused-ring (bicyclic) bond motifs is 2. The fraction of sp³-hybridized carbons (Fsp3) is 0.421. The number of β-lactam (4-membered cyclic amide) rings is 1. The van der Waals surface area contributed by atoms with Crippen molar-refractivity contribution in [2.24, 2.45) is 5.16 Å². The molecule has 178 valence electrons. The van der Waals surface area contributed by atoms with Gasteiger partial charge in [-0.05, 0) is 18.9 Å². The van der Waals surface area contributed by atoms with Crippen LogP contribution >= 0.6 is 35.9 Å². The van der Waals surface area contributed by atoms with Crippen LogP contribution in [-0.2, 0) is 25.8 Å². The summed E-state index contributed by atoms with van der Waals surface area (Å²) in [4.78, 5) is 53.2. The molecular weight excluding hydrogens is 500 g/mol. The maximum atomic E-state index is 13.1. The third-order valence-corrected chi connectivity index (χ3v) is 7.88. The first-order valence-electron chi connectivity index (χ1n) is 10.4. The number of nitrogens with zero attached hydrogens (tertiary/aromatic N) is 6. The highest BCUT2D eigenvalue weighted by Gasteiger charge is 2.55. The number of imidazole rings is 1. The third-order valence-electron chi connectivity index (χ3n) is 5.82. The molecule has 0 bridgehead atoms. The van der Waals surface area contributed by atoms with Gasteiger partial charge in [0.25, 0.3) is 11.8 Å². The maximum Gasteiger partial charge on any atom is 0.278 e. The molecule has 2 amide bonds. The summed E-state index contributed by atoms with van der Waals surface area (Å²) in [5.74, 6) is -0.525. The zero-order chi connectivity index (χ0) is 24.0. The number of nitrogen functional groups attached to an aromatic ring is 1. The van der Waals surface area contributed by atoms with Crippen LogP contribution in [0.4, 0.5) is 5.13 Å². The van der Waals surface area contributed by atoms with Crippen molar-refractivity contribution in [3.05, 3.63) is 35.3 Å². The first-order valence-corrected chi connectivity index (χ1v) is 12.7.